The predicted octanol–water partition coefficient (Wildman–Crippen LogP) is 6.94. The summed E-state index contributed by atoms with van der Waals surface area (Å²) in [6.07, 6.45) is 16.4. The van der Waals surface area contributed by atoms with Crippen molar-refractivity contribution < 1.29 is 5.11 Å². The van der Waals surface area contributed by atoms with Gasteiger partial charge in [0.1, 0.15) is 0 Å². The molecule has 2 saturated carbocycles. The number of nitrogen functional groups attached to an aromatic ring is 1. The molecule has 33 heavy (non-hydrogen) atoms. The Labute approximate surface area is 198 Å². The maximum atomic E-state index is 10.1. The van der Waals surface area contributed by atoms with Gasteiger partial charge in [-0.2, -0.15) is 5.10 Å². The number of hydrogen-bond donors (Lipinski definition) is 2. The van der Waals surface area contributed by atoms with Crippen LogP contribution >= 0.6 is 0 Å². The third-order valence-electron chi connectivity index (χ3n) is 7.38. The molecule has 2 aliphatic rings. The number of hydrogen-bond acceptors (Lipinski definition) is 3. The van der Waals surface area contributed by atoms with E-state index in [-0.39, 0.29) is 6.10 Å². The molecular weight excluding hydrogens is 406 g/mol. The molecule has 5 rings (SSSR count). The van der Waals surface area contributed by atoms with Gasteiger partial charge in [-0.15, -0.1) is 0 Å². The molecule has 2 aliphatic carbocycles. The minimum Gasteiger partial charge on any atom is -0.396 e. The Bertz CT molecular complexity index is 928. The van der Waals surface area contributed by atoms with E-state index in [1.54, 1.807) is 6.20 Å². The Balaban J connectivity index is 0.000000165. The first-order valence-corrected chi connectivity index (χ1v) is 12.8. The van der Waals surface area contributed by atoms with Crippen LogP contribution in [0.2, 0.25) is 0 Å². The van der Waals surface area contributed by atoms with Crippen LogP contribution in [0, 0.1) is 11.8 Å². The Morgan fingerprint density at radius 3 is 1.76 bits per heavy atom. The molecule has 1 aromatic heterocycles. The molecule has 0 aliphatic heterocycles. The molecule has 4 nitrogen and oxygen atoms in total. The second-order valence-electron chi connectivity index (χ2n) is 9.76. The molecule has 0 radical (unpaired) electrons. The predicted molar refractivity (Wildman–Crippen MR) is 136 cm³/mol. The summed E-state index contributed by atoms with van der Waals surface area (Å²) >= 11 is 0. The number of benzene rings is 2. The summed E-state index contributed by atoms with van der Waals surface area (Å²) in [4.78, 5) is 0. The van der Waals surface area contributed by atoms with E-state index in [1.165, 1.54) is 69.8 Å². The van der Waals surface area contributed by atoms with Crippen LogP contribution in [0.4, 0.5) is 5.69 Å². The highest BCUT2D eigenvalue weighted by Gasteiger charge is 2.27. The summed E-state index contributed by atoms with van der Waals surface area (Å²) in [5.74, 6) is 1.17. The normalized spacial score (nSPS) is 19.3. The fourth-order valence-electron chi connectivity index (χ4n) is 5.62. The summed E-state index contributed by atoms with van der Waals surface area (Å²) in [6.45, 7) is 0. The van der Waals surface area contributed by atoms with Crippen LogP contribution in [0.5, 0.6) is 0 Å². The average molecular weight is 446 g/mol. The highest BCUT2D eigenvalue weighted by atomic mass is 16.3. The van der Waals surface area contributed by atoms with Gasteiger partial charge in [0.05, 0.1) is 24.0 Å². The first-order valence-electron chi connectivity index (χ1n) is 12.8. The van der Waals surface area contributed by atoms with Crippen molar-refractivity contribution in [2.75, 3.05) is 5.73 Å². The van der Waals surface area contributed by atoms with E-state index in [9.17, 15) is 5.11 Å². The smallest absolute Gasteiger partial charge is 0.0818 e. The Morgan fingerprint density at radius 2 is 1.24 bits per heavy atom. The lowest BCUT2D eigenvalue weighted by Crippen LogP contribution is -2.23. The van der Waals surface area contributed by atoms with Crippen molar-refractivity contribution in [3.05, 3.63) is 84.2 Å². The molecule has 0 saturated heterocycles. The molecule has 1 heterocycles. The SMILES string of the molecule is Nc1cnn(C(c2ccccc2)C2CCCCC2)c1.OC(c1ccccc1)C1CCCCC1. The van der Waals surface area contributed by atoms with Gasteiger partial charge in [0.2, 0.25) is 0 Å². The van der Waals surface area contributed by atoms with E-state index in [2.05, 4.69) is 40.1 Å². The molecule has 2 unspecified atom stereocenters. The van der Waals surface area contributed by atoms with E-state index in [1.807, 2.05) is 36.5 Å². The summed E-state index contributed by atoms with van der Waals surface area (Å²) in [5.41, 5.74) is 9.02. The lowest BCUT2D eigenvalue weighted by Gasteiger charge is -2.30. The van der Waals surface area contributed by atoms with Gasteiger partial charge < -0.3 is 10.8 Å². The van der Waals surface area contributed by atoms with Crippen molar-refractivity contribution in [1.82, 2.24) is 9.78 Å². The molecule has 4 heteroatoms. The quantitative estimate of drug-likeness (QED) is 0.447. The maximum absolute atomic E-state index is 10.1. The van der Waals surface area contributed by atoms with Crippen molar-refractivity contribution >= 4 is 5.69 Å². The molecule has 3 aromatic rings. The minimum atomic E-state index is -0.239. The lowest BCUT2D eigenvalue weighted by molar-refractivity contribution is 0.0848. The second-order valence-corrected chi connectivity index (χ2v) is 9.76. The second kappa shape index (κ2) is 12.0. The first-order chi connectivity index (χ1) is 16.2. The van der Waals surface area contributed by atoms with Crippen LogP contribution in [0.15, 0.2) is 73.1 Å². The Morgan fingerprint density at radius 1 is 0.727 bits per heavy atom. The number of anilines is 1. The lowest BCUT2D eigenvalue weighted by atomic mass is 9.81. The highest BCUT2D eigenvalue weighted by molar-refractivity contribution is 5.32. The molecule has 0 spiro atoms. The number of rotatable bonds is 5. The van der Waals surface area contributed by atoms with Crippen molar-refractivity contribution in [1.29, 1.82) is 0 Å². The topological polar surface area (TPSA) is 64.1 Å². The third-order valence-corrected chi connectivity index (χ3v) is 7.38. The number of nitrogens with two attached hydrogens (primary N) is 1. The van der Waals surface area contributed by atoms with E-state index in [4.69, 9.17) is 5.73 Å². The van der Waals surface area contributed by atoms with Crippen molar-refractivity contribution in [3.8, 4) is 0 Å². The van der Waals surface area contributed by atoms with Crippen LogP contribution in [-0.4, -0.2) is 14.9 Å². The van der Waals surface area contributed by atoms with Crippen molar-refractivity contribution in [2.45, 2.75) is 76.4 Å². The van der Waals surface area contributed by atoms with Crippen molar-refractivity contribution in [2.24, 2.45) is 11.8 Å². The summed E-state index contributed by atoms with van der Waals surface area (Å²) in [5, 5.41) is 14.6. The summed E-state index contributed by atoms with van der Waals surface area (Å²) in [7, 11) is 0. The summed E-state index contributed by atoms with van der Waals surface area (Å²) in [6, 6.07) is 21.1. The van der Waals surface area contributed by atoms with Gasteiger partial charge in [0.25, 0.3) is 0 Å². The Kier molecular flexibility index (Phi) is 8.59. The van der Waals surface area contributed by atoms with E-state index in [0.29, 0.717) is 17.9 Å². The van der Waals surface area contributed by atoms with Crippen LogP contribution in [0.1, 0.15) is 87.5 Å². The molecular formula is C29H39N3O. The average Bonchev–Trinajstić information content (AvgIpc) is 3.32. The zero-order valence-corrected chi connectivity index (χ0v) is 19.7. The Hall–Kier alpha value is -2.59. The zero-order chi connectivity index (χ0) is 22.9. The fraction of sp³-hybridized carbons (Fsp3) is 0.483. The zero-order valence-electron chi connectivity index (χ0n) is 19.7. The molecule has 2 atom stereocenters. The van der Waals surface area contributed by atoms with Crippen LogP contribution in [-0.2, 0) is 0 Å². The molecule has 176 valence electrons. The van der Waals surface area contributed by atoms with Gasteiger partial charge in [0, 0.05) is 6.20 Å². The number of aliphatic hydroxyl groups is 1. The molecule has 2 fully saturated rings. The van der Waals surface area contributed by atoms with E-state index < -0.39 is 0 Å². The monoisotopic (exact) mass is 445 g/mol. The van der Waals surface area contributed by atoms with Gasteiger partial charge in [-0.05, 0) is 48.6 Å². The van der Waals surface area contributed by atoms with Gasteiger partial charge in [-0.3, -0.25) is 4.68 Å². The maximum Gasteiger partial charge on any atom is 0.0818 e. The standard InChI is InChI=1S/C16H21N3.C13H18O/c17-15-11-18-19(12-15)16(13-7-3-1-4-8-13)14-9-5-2-6-10-14;14-13(11-7-3-1-4-8-11)12-9-5-2-6-10-12/h1,3-4,7-8,11-12,14,16H,2,5-6,9-10,17H2;1,3-4,7-8,12-14H,2,5-6,9-10H2. The molecule has 0 amide bonds. The fourth-order valence-corrected chi connectivity index (χ4v) is 5.62. The van der Waals surface area contributed by atoms with Crippen LogP contribution < -0.4 is 5.73 Å². The number of nitrogens with zero attached hydrogens (tertiary/aromatic N) is 2. The van der Waals surface area contributed by atoms with Gasteiger partial charge in [-0.1, -0.05) is 99.2 Å². The van der Waals surface area contributed by atoms with Crippen LogP contribution in [0.25, 0.3) is 0 Å². The van der Waals surface area contributed by atoms with Gasteiger partial charge in [0.15, 0.2) is 0 Å². The van der Waals surface area contributed by atoms with Gasteiger partial charge in [-0.25, -0.2) is 0 Å². The largest absolute Gasteiger partial charge is 0.396 e. The van der Waals surface area contributed by atoms with Crippen LogP contribution in [0.3, 0.4) is 0 Å². The van der Waals surface area contributed by atoms with E-state index >= 15 is 0 Å². The number of aliphatic hydroxyl groups excluding tert-OH is 1. The van der Waals surface area contributed by atoms with E-state index in [0.717, 1.165) is 11.3 Å². The number of aromatic nitrogens is 2. The van der Waals surface area contributed by atoms with Crippen molar-refractivity contribution in [3.63, 3.8) is 0 Å². The highest BCUT2D eigenvalue weighted by Crippen LogP contribution is 2.37. The molecule has 3 N–H and O–H groups in total. The van der Waals surface area contributed by atoms with Gasteiger partial charge >= 0.3 is 0 Å². The molecule has 0 bridgehead atoms. The summed E-state index contributed by atoms with van der Waals surface area (Å²) < 4.78 is 2.06. The first kappa shape index (κ1) is 23.6. The molecule has 2 aromatic carbocycles. The minimum absolute atomic E-state index is 0.239. The third kappa shape index (κ3) is 6.48.